The van der Waals surface area contributed by atoms with Crippen molar-refractivity contribution in [2.24, 2.45) is 0 Å². The number of methoxy groups -OCH3 is 2. The fourth-order valence-corrected chi connectivity index (χ4v) is 5.23. The van der Waals surface area contributed by atoms with Gasteiger partial charge in [-0.15, -0.1) is 0 Å². The highest BCUT2D eigenvalue weighted by Crippen LogP contribution is 2.39. The van der Waals surface area contributed by atoms with E-state index in [0.29, 0.717) is 66.6 Å². The van der Waals surface area contributed by atoms with E-state index in [1.54, 1.807) is 38.3 Å². The molecule has 0 spiro atoms. The Bertz CT molecular complexity index is 1390. The van der Waals surface area contributed by atoms with Crippen LogP contribution in [0.1, 0.15) is 17.0 Å². The number of carbonyl (C=O) groups is 2. The van der Waals surface area contributed by atoms with E-state index >= 15 is 0 Å². The molecule has 40 heavy (non-hydrogen) atoms. The maximum atomic E-state index is 13.2. The van der Waals surface area contributed by atoms with E-state index < -0.39 is 5.92 Å². The number of hydrogen-bond donors (Lipinski definition) is 0. The first-order chi connectivity index (χ1) is 19.3. The number of aromatic nitrogens is 2. The van der Waals surface area contributed by atoms with Crippen molar-refractivity contribution in [3.63, 3.8) is 0 Å². The summed E-state index contributed by atoms with van der Waals surface area (Å²) in [6.07, 6.45) is 1.53. The highest BCUT2D eigenvalue weighted by Gasteiger charge is 2.35. The zero-order valence-electron chi connectivity index (χ0n) is 22.8. The summed E-state index contributed by atoms with van der Waals surface area (Å²) < 4.78 is 10.9. The van der Waals surface area contributed by atoms with Crippen LogP contribution in [-0.4, -0.2) is 80.7 Å². The predicted molar refractivity (Wildman–Crippen MR) is 154 cm³/mol. The van der Waals surface area contributed by atoms with Crippen molar-refractivity contribution in [2.45, 2.75) is 12.5 Å². The number of piperazine rings is 1. The molecule has 1 unspecified atom stereocenters. The molecule has 10 nitrogen and oxygen atoms in total. The molecule has 3 aromatic rings. The molecule has 11 heteroatoms. The number of hydrogen-bond acceptors (Lipinski definition) is 8. The quantitative estimate of drug-likeness (QED) is 0.432. The number of nitrogens with zero attached hydrogens (tertiary/aromatic N) is 6. The fourth-order valence-electron chi connectivity index (χ4n) is 5.11. The van der Waals surface area contributed by atoms with Crippen molar-refractivity contribution in [2.75, 3.05) is 68.7 Å². The second-order valence-corrected chi connectivity index (χ2v) is 10.2. The number of ether oxygens (including phenoxy) is 2. The second-order valence-electron chi connectivity index (χ2n) is 9.77. The van der Waals surface area contributed by atoms with Gasteiger partial charge in [0.2, 0.25) is 11.8 Å². The first-order valence-corrected chi connectivity index (χ1v) is 13.4. The molecule has 0 N–H and O–H groups in total. The average molecular weight is 564 g/mol. The molecule has 2 aliphatic heterocycles. The highest BCUT2D eigenvalue weighted by atomic mass is 35.5. The zero-order valence-corrected chi connectivity index (χ0v) is 23.6. The molecule has 1 radical (unpaired) electrons. The number of rotatable bonds is 7. The zero-order chi connectivity index (χ0) is 28.4. The van der Waals surface area contributed by atoms with Crippen molar-refractivity contribution >= 4 is 40.7 Å². The first-order valence-electron chi connectivity index (χ1n) is 13.0. The Balaban J connectivity index is 1.35. The van der Waals surface area contributed by atoms with Gasteiger partial charge in [-0.25, -0.2) is 9.97 Å². The lowest BCUT2D eigenvalue weighted by Crippen LogP contribution is -2.51. The van der Waals surface area contributed by atoms with Crippen molar-refractivity contribution in [1.82, 2.24) is 14.9 Å². The summed E-state index contributed by atoms with van der Waals surface area (Å²) in [4.78, 5) is 42.9. The van der Waals surface area contributed by atoms with Crippen LogP contribution in [0.3, 0.4) is 0 Å². The van der Waals surface area contributed by atoms with E-state index in [1.807, 2.05) is 40.1 Å². The van der Waals surface area contributed by atoms with Gasteiger partial charge in [-0.3, -0.25) is 9.59 Å². The second kappa shape index (κ2) is 11.6. The third-order valence-electron chi connectivity index (χ3n) is 7.44. The molecule has 2 aliphatic rings. The number of anilines is 3. The summed E-state index contributed by atoms with van der Waals surface area (Å²) in [5.74, 6) is 2.10. The molecule has 1 saturated heterocycles. The normalized spacial score (nSPS) is 16.1. The Morgan fingerprint density at radius 3 is 2.40 bits per heavy atom. The van der Waals surface area contributed by atoms with Crippen LogP contribution in [0.15, 0.2) is 48.8 Å². The van der Waals surface area contributed by atoms with Gasteiger partial charge in [0.15, 0.2) is 11.6 Å². The molecule has 2 aromatic carbocycles. The molecule has 1 fully saturated rings. The van der Waals surface area contributed by atoms with Crippen LogP contribution in [0.4, 0.5) is 17.3 Å². The molecule has 0 bridgehead atoms. The summed E-state index contributed by atoms with van der Waals surface area (Å²) in [6.45, 7) is 6.86. The van der Waals surface area contributed by atoms with Gasteiger partial charge in [-0.2, -0.15) is 0 Å². The lowest BCUT2D eigenvalue weighted by molar-refractivity contribution is -0.132. The van der Waals surface area contributed by atoms with E-state index in [1.165, 1.54) is 6.33 Å². The van der Waals surface area contributed by atoms with Crippen LogP contribution in [0.25, 0.3) is 0 Å². The summed E-state index contributed by atoms with van der Waals surface area (Å²) >= 11 is 5.99. The molecule has 0 saturated carbocycles. The van der Waals surface area contributed by atoms with E-state index in [9.17, 15) is 9.59 Å². The minimum atomic E-state index is -0.511. The van der Waals surface area contributed by atoms with Crippen LogP contribution in [0.5, 0.6) is 11.5 Å². The van der Waals surface area contributed by atoms with E-state index in [-0.39, 0.29) is 18.4 Å². The Hall–Kier alpha value is -4.05. The van der Waals surface area contributed by atoms with Crippen LogP contribution in [0.2, 0.25) is 5.02 Å². The summed E-state index contributed by atoms with van der Waals surface area (Å²) in [5, 5.41) is 0.621. The molecule has 3 heterocycles. The van der Waals surface area contributed by atoms with Crippen LogP contribution in [0, 0.1) is 6.92 Å². The fraction of sp³-hybridized carbons (Fsp3) is 0.345. The van der Waals surface area contributed by atoms with Gasteiger partial charge in [0.05, 0.1) is 26.7 Å². The molecular weight excluding hydrogens is 532 g/mol. The van der Waals surface area contributed by atoms with Gasteiger partial charge in [-0.1, -0.05) is 23.7 Å². The molecule has 1 atom stereocenters. The number of fused-ring (bicyclic) bond motifs is 1. The summed E-state index contributed by atoms with van der Waals surface area (Å²) in [5.41, 5.74) is 2.39. The SMILES string of the molecule is [CH2]C(C(=O)N1CCN(c2ncnc3c2N(C)C(=O)CN3Cc2ccc(OC)cc2OC)CC1)c1ccc(Cl)cc1. The number of benzene rings is 2. The molecule has 209 valence electrons. The third kappa shape index (κ3) is 5.36. The number of carbonyl (C=O) groups excluding carboxylic acids is 2. The van der Waals surface area contributed by atoms with Crippen LogP contribution >= 0.6 is 11.6 Å². The number of likely N-dealkylation sites (N-methyl/N-ethyl adjacent to an activating group) is 1. The molecular formula is C29H32ClN6O4. The number of halogens is 1. The Morgan fingerprint density at radius 1 is 1.02 bits per heavy atom. The molecule has 0 aliphatic carbocycles. The predicted octanol–water partition coefficient (Wildman–Crippen LogP) is 3.40. The minimum absolute atomic E-state index is 0.0291. The van der Waals surface area contributed by atoms with Gasteiger partial charge in [-0.05, 0) is 36.8 Å². The Labute approximate surface area is 239 Å². The minimum Gasteiger partial charge on any atom is -0.497 e. The number of amides is 2. The maximum absolute atomic E-state index is 13.2. The first kappa shape index (κ1) is 27.5. The lowest BCUT2D eigenvalue weighted by atomic mass is 9.99. The standard InChI is InChI=1S/C29H32ClN6O4/c1-19(20-5-8-22(30)9-6-20)29(38)35-13-11-34(12-14-35)27-26-28(32-18-31-27)36(17-25(37)33(26)2)16-21-7-10-23(39-3)15-24(21)40-4/h5-10,15,18-19H,1,11-14,16-17H2,2-4H3. The van der Waals surface area contributed by atoms with Crippen LogP contribution in [-0.2, 0) is 16.1 Å². The summed E-state index contributed by atoms with van der Waals surface area (Å²) in [7, 11) is 4.96. The van der Waals surface area contributed by atoms with Crippen molar-refractivity contribution in [1.29, 1.82) is 0 Å². The average Bonchev–Trinajstić information content (AvgIpc) is 2.99. The van der Waals surface area contributed by atoms with Gasteiger partial charge in [0.25, 0.3) is 0 Å². The summed E-state index contributed by atoms with van der Waals surface area (Å²) in [6, 6.07) is 12.8. The molecule has 1 aromatic heterocycles. The van der Waals surface area contributed by atoms with Gasteiger partial charge in [0.1, 0.15) is 23.5 Å². The van der Waals surface area contributed by atoms with Gasteiger partial charge < -0.3 is 29.1 Å². The van der Waals surface area contributed by atoms with Crippen molar-refractivity contribution < 1.29 is 19.1 Å². The smallest absolute Gasteiger partial charge is 0.246 e. The van der Waals surface area contributed by atoms with Gasteiger partial charge in [0, 0.05) is 56.4 Å². The van der Waals surface area contributed by atoms with Crippen molar-refractivity contribution in [3.8, 4) is 11.5 Å². The van der Waals surface area contributed by atoms with Crippen molar-refractivity contribution in [3.05, 3.63) is 71.9 Å². The lowest BCUT2D eigenvalue weighted by Gasteiger charge is -2.40. The van der Waals surface area contributed by atoms with Gasteiger partial charge >= 0.3 is 0 Å². The highest BCUT2D eigenvalue weighted by molar-refractivity contribution is 6.30. The Morgan fingerprint density at radius 2 is 1.73 bits per heavy atom. The van der Waals surface area contributed by atoms with E-state index in [2.05, 4.69) is 21.8 Å². The monoisotopic (exact) mass is 563 g/mol. The molecule has 5 rings (SSSR count). The maximum Gasteiger partial charge on any atom is 0.246 e. The van der Waals surface area contributed by atoms with E-state index in [0.717, 1.165) is 11.1 Å². The van der Waals surface area contributed by atoms with E-state index in [4.69, 9.17) is 21.1 Å². The largest absolute Gasteiger partial charge is 0.497 e. The third-order valence-corrected chi connectivity index (χ3v) is 7.69. The Kier molecular flexibility index (Phi) is 7.97. The van der Waals surface area contributed by atoms with Crippen LogP contribution < -0.4 is 24.2 Å². The topological polar surface area (TPSA) is 91.3 Å². The molecule has 2 amide bonds.